The van der Waals surface area contributed by atoms with Crippen molar-refractivity contribution in [2.75, 3.05) is 18.0 Å². The number of hydrogen-bond acceptors (Lipinski definition) is 4. The van der Waals surface area contributed by atoms with Crippen molar-refractivity contribution in [1.29, 1.82) is 0 Å². The maximum absolute atomic E-state index is 4.44. The highest BCUT2D eigenvalue weighted by atomic mass is 32.1. The van der Waals surface area contributed by atoms with Crippen molar-refractivity contribution in [2.45, 2.75) is 32.9 Å². The van der Waals surface area contributed by atoms with E-state index >= 15 is 0 Å². The molecule has 0 radical (unpaired) electrons. The predicted molar refractivity (Wildman–Crippen MR) is 85.4 cm³/mol. The monoisotopic (exact) mass is 287 g/mol. The number of hydrogen-bond donors (Lipinski definition) is 1. The SMILES string of the molecule is CCNCc1cc(N2CCc3sccc3C2C)ccn1. The van der Waals surface area contributed by atoms with E-state index in [1.165, 1.54) is 11.3 Å². The van der Waals surface area contributed by atoms with E-state index in [0.29, 0.717) is 6.04 Å². The van der Waals surface area contributed by atoms with Crippen LogP contribution < -0.4 is 10.2 Å². The minimum atomic E-state index is 0.458. The fraction of sp³-hybridized carbons (Fsp3) is 0.438. The van der Waals surface area contributed by atoms with Gasteiger partial charge in [0, 0.05) is 29.9 Å². The molecule has 1 atom stereocenters. The van der Waals surface area contributed by atoms with E-state index in [9.17, 15) is 0 Å². The Morgan fingerprint density at radius 2 is 2.35 bits per heavy atom. The smallest absolute Gasteiger partial charge is 0.0562 e. The molecule has 1 aliphatic rings. The Kier molecular flexibility index (Phi) is 4.03. The molecular formula is C16H21N3S. The van der Waals surface area contributed by atoms with Gasteiger partial charge in [-0.05, 0) is 49.0 Å². The van der Waals surface area contributed by atoms with E-state index in [0.717, 1.165) is 31.7 Å². The molecule has 0 saturated heterocycles. The summed E-state index contributed by atoms with van der Waals surface area (Å²) in [6, 6.07) is 7.08. The molecule has 0 spiro atoms. The summed E-state index contributed by atoms with van der Waals surface area (Å²) in [5, 5.41) is 5.55. The Morgan fingerprint density at radius 1 is 1.45 bits per heavy atom. The van der Waals surface area contributed by atoms with Crippen molar-refractivity contribution in [3.8, 4) is 0 Å². The molecule has 0 aromatic carbocycles. The highest BCUT2D eigenvalue weighted by molar-refractivity contribution is 7.10. The molecule has 106 valence electrons. The molecule has 3 nitrogen and oxygen atoms in total. The number of anilines is 1. The molecular weight excluding hydrogens is 266 g/mol. The molecule has 2 aromatic heterocycles. The zero-order chi connectivity index (χ0) is 13.9. The topological polar surface area (TPSA) is 28.2 Å². The van der Waals surface area contributed by atoms with Crippen LogP contribution >= 0.6 is 11.3 Å². The second kappa shape index (κ2) is 5.94. The lowest BCUT2D eigenvalue weighted by Crippen LogP contribution is -2.33. The summed E-state index contributed by atoms with van der Waals surface area (Å²) in [5.74, 6) is 0. The van der Waals surface area contributed by atoms with Gasteiger partial charge in [-0.25, -0.2) is 0 Å². The van der Waals surface area contributed by atoms with Crippen LogP contribution in [0, 0.1) is 0 Å². The fourth-order valence-electron chi connectivity index (χ4n) is 2.86. The molecule has 1 unspecified atom stereocenters. The van der Waals surface area contributed by atoms with Gasteiger partial charge in [0.15, 0.2) is 0 Å². The summed E-state index contributed by atoms with van der Waals surface area (Å²) in [7, 11) is 0. The van der Waals surface area contributed by atoms with E-state index < -0.39 is 0 Å². The number of pyridine rings is 1. The van der Waals surface area contributed by atoms with Gasteiger partial charge in [-0.1, -0.05) is 6.92 Å². The minimum absolute atomic E-state index is 0.458. The van der Waals surface area contributed by atoms with Crippen LogP contribution in [0.3, 0.4) is 0 Å². The van der Waals surface area contributed by atoms with E-state index in [1.807, 2.05) is 17.5 Å². The normalized spacial score (nSPS) is 18.1. The van der Waals surface area contributed by atoms with Crippen LogP contribution in [0.25, 0.3) is 0 Å². The lowest BCUT2D eigenvalue weighted by Gasteiger charge is -2.35. The van der Waals surface area contributed by atoms with Crippen LogP contribution in [0.4, 0.5) is 5.69 Å². The van der Waals surface area contributed by atoms with Gasteiger partial charge >= 0.3 is 0 Å². The fourth-order valence-corrected chi connectivity index (χ4v) is 3.82. The Morgan fingerprint density at radius 3 is 3.20 bits per heavy atom. The van der Waals surface area contributed by atoms with Gasteiger partial charge in [0.25, 0.3) is 0 Å². The average molecular weight is 287 g/mol. The average Bonchev–Trinajstić information content (AvgIpc) is 2.95. The number of nitrogens with one attached hydrogen (secondary N) is 1. The molecule has 0 bridgehead atoms. The number of nitrogens with zero attached hydrogens (tertiary/aromatic N) is 2. The third kappa shape index (κ3) is 2.58. The van der Waals surface area contributed by atoms with Crippen LogP contribution in [-0.4, -0.2) is 18.1 Å². The first-order valence-electron chi connectivity index (χ1n) is 7.28. The Balaban J connectivity index is 1.83. The Hall–Kier alpha value is -1.39. The van der Waals surface area contributed by atoms with Gasteiger partial charge < -0.3 is 10.2 Å². The third-order valence-electron chi connectivity index (χ3n) is 3.97. The van der Waals surface area contributed by atoms with Crippen molar-refractivity contribution in [3.63, 3.8) is 0 Å². The molecule has 3 heterocycles. The number of thiophene rings is 1. The number of fused-ring (bicyclic) bond motifs is 1. The van der Waals surface area contributed by atoms with Crippen LogP contribution in [-0.2, 0) is 13.0 Å². The highest BCUT2D eigenvalue weighted by Gasteiger charge is 2.24. The second-order valence-corrected chi connectivity index (χ2v) is 6.20. The standard InChI is InChI=1S/C16H21N3S/c1-3-17-11-13-10-14(4-7-18-13)19-8-5-16-15(12(19)2)6-9-20-16/h4,6-7,9-10,12,17H,3,5,8,11H2,1-2H3. The number of rotatable bonds is 4. The van der Waals surface area contributed by atoms with Gasteiger partial charge in [-0.3, -0.25) is 4.98 Å². The maximum atomic E-state index is 4.44. The lowest BCUT2D eigenvalue weighted by atomic mass is 10.0. The first-order valence-corrected chi connectivity index (χ1v) is 8.16. The summed E-state index contributed by atoms with van der Waals surface area (Å²) >= 11 is 1.89. The van der Waals surface area contributed by atoms with Crippen molar-refractivity contribution in [3.05, 3.63) is 45.9 Å². The molecule has 0 amide bonds. The Labute approximate surface area is 124 Å². The molecule has 4 heteroatoms. The molecule has 0 fully saturated rings. The molecule has 3 rings (SSSR count). The van der Waals surface area contributed by atoms with E-state index in [2.05, 4.69) is 52.6 Å². The predicted octanol–water partition coefficient (Wildman–Crippen LogP) is 3.38. The molecule has 1 aliphatic heterocycles. The minimum Gasteiger partial charge on any atom is -0.364 e. The lowest BCUT2D eigenvalue weighted by molar-refractivity contribution is 0.630. The van der Waals surface area contributed by atoms with Gasteiger partial charge in [0.2, 0.25) is 0 Å². The van der Waals surface area contributed by atoms with Crippen LogP contribution in [0.15, 0.2) is 29.8 Å². The van der Waals surface area contributed by atoms with Crippen molar-refractivity contribution in [1.82, 2.24) is 10.3 Å². The van der Waals surface area contributed by atoms with Crippen molar-refractivity contribution in [2.24, 2.45) is 0 Å². The van der Waals surface area contributed by atoms with E-state index in [4.69, 9.17) is 0 Å². The summed E-state index contributed by atoms with van der Waals surface area (Å²) in [6.07, 6.45) is 3.08. The summed E-state index contributed by atoms with van der Waals surface area (Å²) in [4.78, 5) is 8.49. The second-order valence-electron chi connectivity index (χ2n) is 5.20. The van der Waals surface area contributed by atoms with Crippen LogP contribution in [0.1, 0.15) is 36.0 Å². The van der Waals surface area contributed by atoms with Gasteiger partial charge in [0.1, 0.15) is 0 Å². The quantitative estimate of drug-likeness (QED) is 0.934. The van der Waals surface area contributed by atoms with Crippen molar-refractivity contribution < 1.29 is 0 Å². The highest BCUT2D eigenvalue weighted by Crippen LogP contribution is 2.35. The van der Waals surface area contributed by atoms with Crippen LogP contribution in [0.2, 0.25) is 0 Å². The largest absolute Gasteiger partial charge is 0.364 e. The third-order valence-corrected chi connectivity index (χ3v) is 4.96. The van der Waals surface area contributed by atoms with E-state index in [1.54, 1.807) is 4.88 Å². The first-order chi connectivity index (χ1) is 9.79. The summed E-state index contributed by atoms with van der Waals surface area (Å²) in [6.45, 7) is 7.34. The molecule has 0 saturated carbocycles. The van der Waals surface area contributed by atoms with Gasteiger partial charge in [-0.15, -0.1) is 11.3 Å². The molecule has 2 aromatic rings. The number of aromatic nitrogens is 1. The molecule has 20 heavy (non-hydrogen) atoms. The van der Waals surface area contributed by atoms with Crippen LogP contribution in [0.5, 0.6) is 0 Å². The maximum Gasteiger partial charge on any atom is 0.0562 e. The van der Waals surface area contributed by atoms with E-state index in [-0.39, 0.29) is 0 Å². The summed E-state index contributed by atoms with van der Waals surface area (Å²) in [5.41, 5.74) is 3.90. The zero-order valence-corrected chi connectivity index (χ0v) is 12.9. The Bertz CT molecular complexity index is 579. The summed E-state index contributed by atoms with van der Waals surface area (Å²) < 4.78 is 0. The zero-order valence-electron chi connectivity index (χ0n) is 12.1. The van der Waals surface area contributed by atoms with Crippen molar-refractivity contribution >= 4 is 17.0 Å². The van der Waals surface area contributed by atoms with Gasteiger partial charge in [-0.2, -0.15) is 0 Å². The molecule has 1 N–H and O–H groups in total. The van der Waals surface area contributed by atoms with Gasteiger partial charge in [0.05, 0.1) is 11.7 Å². The first kappa shape index (κ1) is 13.6. The molecule has 0 aliphatic carbocycles.